The van der Waals surface area contributed by atoms with E-state index in [0.717, 1.165) is 12.8 Å². The average molecular weight is 181 g/mol. The highest BCUT2D eigenvalue weighted by molar-refractivity contribution is 5.83. The van der Waals surface area contributed by atoms with E-state index < -0.39 is 5.97 Å². The second-order valence-electron chi connectivity index (χ2n) is 3.75. The molecule has 1 aromatic rings. The first kappa shape index (κ1) is 8.29. The number of carboxylic acid groups (broad SMARTS) is 1. The largest absolute Gasteiger partial charge is 0.475 e. The van der Waals surface area contributed by atoms with Crippen LogP contribution >= 0.6 is 0 Å². The Bertz CT molecular complexity index is 338. The molecule has 0 atom stereocenters. The van der Waals surface area contributed by atoms with Crippen LogP contribution in [0.1, 0.15) is 42.6 Å². The maximum absolute atomic E-state index is 10.5. The fourth-order valence-electron chi connectivity index (χ4n) is 1.57. The van der Waals surface area contributed by atoms with Crippen molar-refractivity contribution >= 4 is 5.97 Å². The zero-order valence-corrected chi connectivity index (χ0v) is 7.41. The maximum atomic E-state index is 10.5. The summed E-state index contributed by atoms with van der Waals surface area (Å²) in [5.41, 5.74) is -0.0201. The first-order valence-corrected chi connectivity index (χ1v) is 4.31. The lowest BCUT2D eigenvalue weighted by Crippen LogP contribution is -2.30. The molecule has 1 aliphatic rings. The molecule has 1 saturated carbocycles. The van der Waals surface area contributed by atoms with Gasteiger partial charge in [0.2, 0.25) is 11.7 Å². The van der Waals surface area contributed by atoms with Gasteiger partial charge in [-0.05, 0) is 12.8 Å². The topological polar surface area (TPSA) is 63.3 Å². The average Bonchev–Trinajstić information content (AvgIpc) is 2.48. The molecule has 0 unspecified atom stereocenters. The standard InChI is InChI=1S/C9H11NO3/c1-9(3-2-4-9)8-10-5-6(13-8)7(11)12/h5H,2-4H2,1H3,(H,11,12). The number of hydrogen-bond donors (Lipinski definition) is 1. The van der Waals surface area contributed by atoms with E-state index in [-0.39, 0.29) is 11.2 Å². The molecule has 0 amide bonds. The summed E-state index contributed by atoms with van der Waals surface area (Å²) in [4.78, 5) is 14.5. The van der Waals surface area contributed by atoms with Gasteiger partial charge < -0.3 is 9.52 Å². The molecule has 1 heterocycles. The zero-order chi connectivity index (χ0) is 9.47. The van der Waals surface area contributed by atoms with Crippen molar-refractivity contribution in [3.63, 3.8) is 0 Å². The van der Waals surface area contributed by atoms with Crippen molar-refractivity contribution in [3.8, 4) is 0 Å². The van der Waals surface area contributed by atoms with Crippen molar-refractivity contribution in [1.82, 2.24) is 4.98 Å². The summed E-state index contributed by atoms with van der Waals surface area (Å²) in [7, 11) is 0. The zero-order valence-electron chi connectivity index (χ0n) is 7.41. The normalized spacial score (nSPS) is 19.5. The van der Waals surface area contributed by atoms with Crippen molar-refractivity contribution in [3.05, 3.63) is 17.8 Å². The number of hydrogen-bond acceptors (Lipinski definition) is 3. The van der Waals surface area contributed by atoms with E-state index in [1.54, 1.807) is 0 Å². The smallest absolute Gasteiger partial charge is 0.373 e. The van der Waals surface area contributed by atoms with Gasteiger partial charge in [0.15, 0.2) is 0 Å². The van der Waals surface area contributed by atoms with Crippen LogP contribution in [0.2, 0.25) is 0 Å². The Morgan fingerprint density at radius 1 is 1.69 bits per heavy atom. The fraction of sp³-hybridized carbons (Fsp3) is 0.556. The monoisotopic (exact) mass is 181 g/mol. The Balaban J connectivity index is 2.27. The molecular formula is C9H11NO3. The highest BCUT2D eigenvalue weighted by Gasteiger charge is 2.38. The SMILES string of the molecule is CC1(c2ncc(C(=O)O)o2)CCC1. The number of carbonyl (C=O) groups is 1. The number of rotatable bonds is 2. The van der Waals surface area contributed by atoms with E-state index in [4.69, 9.17) is 9.52 Å². The summed E-state index contributed by atoms with van der Waals surface area (Å²) >= 11 is 0. The summed E-state index contributed by atoms with van der Waals surface area (Å²) in [6.07, 6.45) is 4.52. The number of aromatic carboxylic acids is 1. The second kappa shape index (κ2) is 2.58. The minimum absolute atomic E-state index is 0.0201. The quantitative estimate of drug-likeness (QED) is 0.755. The van der Waals surface area contributed by atoms with Gasteiger partial charge in [-0.3, -0.25) is 0 Å². The van der Waals surface area contributed by atoms with Gasteiger partial charge in [-0.2, -0.15) is 0 Å². The Morgan fingerprint density at radius 2 is 2.38 bits per heavy atom. The van der Waals surface area contributed by atoms with Crippen molar-refractivity contribution < 1.29 is 14.3 Å². The van der Waals surface area contributed by atoms with E-state index in [2.05, 4.69) is 4.98 Å². The third-order valence-corrected chi connectivity index (χ3v) is 2.69. The lowest BCUT2D eigenvalue weighted by Gasteiger charge is -2.34. The van der Waals surface area contributed by atoms with E-state index >= 15 is 0 Å². The van der Waals surface area contributed by atoms with Crippen LogP contribution in [0.4, 0.5) is 0 Å². The highest BCUT2D eigenvalue weighted by atomic mass is 16.4. The molecule has 1 fully saturated rings. The van der Waals surface area contributed by atoms with Gasteiger partial charge >= 0.3 is 5.97 Å². The third-order valence-electron chi connectivity index (χ3n) is 2.69. The highest BCUT2D eigenvalue weighted by Crippen LogP contribution is 2.42. The van der Waals surface area contributed by atoms with Crippen LogP contribution in [0.15, 0.2) is 10.6 Å². The van der Waals surface area contributed by atoms with Crippen molar-refractivity contribution in [2.75, 3.05) is 0 Å². The number of carboxylic acids is 1. The third kappa shape index (κ3) is 1.22. The molecule has 4 heteroatoms. The van der Waals surface area contributed by atoms with Gasteiger partial charge in [0.25, 0.3) is 0 Å². The number of nitrogens with zero attached hydrogens (tertiary/aromatic N) is 1. The van der Waals surface area contributed by atoms with E-state index in [0.29, 0.717) is 5.89 Å². The van der Waals surface area contributed by atoms with E-state index in [9.17, 15) is 4.79 Å². The van der Waals surface area contributed by atoms with Gasteiger partial charge in [0, 0.05) is 5.41 Å². The van der Waals surface area contributed by atoms with Gasteiger partial charge in [0.05, 0.1) is 6.20 Å². The summed E-state index contributed by atoms with van der Waals surface area (Å²) in [6, 6.07) is 0. The molecule has 0 aromatic carbocycles. The van der Waals surface area contributed by atoms with Crippen LogP contribution in [-0.2, 0) is 5.41 Å². The first-order valence-electron chi connectivity index (χ1n) is 4.31. The predicted octanol–water partition coefficient (Wildman–Crippen LogP) is 1.81. The molecular weight excluding hydrogens is 170 g/mol. The molecule has 0 radical (unpaired) electrons. The number of aromatic nitrogens is 1. The Morgan fingerprint density at radius 3 is 2.77 bits per heavy atom. The second-order valence-corrected chi connectivity index (χ2v) is 3.75. The van der Waals surface area contributed by atoms with Crippen LogP contribution in [0, 0.1) is 0 Å². The summed E-state index contributed by atoms with van der Waals surface area (Å²) in [5.74, 6) is -0.555. The lowest BCUT2D eigenvalue weighted by molar-refractivity contribution is 0.0654. The Hall–Kier alpha value is -1.32. The van der Waals surface area contributed by atoms with Crippen molar-refractivity contribution in [1.29, 1.82) is 0 Å². The Kier molecular flexibility index (Phi) is 1.65. The lowest BCUT2D eigenvalue weighted by atomic mass is 9.70. The van der Waals surface area contributed by atoms with Gasteiger partial charge in [-0.25, -0.2) is 9.78 Å². The minimum Gasteiger partial charge on any atom is -0.475 e. The summed E-state index contributed by atoms with van der Waals surface area (Å²) in [5, 5.41) is 8.62. The molecule has 0 aliphatic heterocycles. The Labute approximate surface area is 75.6 Å². The molecule has 0 saturated heterocycles. The molecule has 2 rings (SSSR count). The van der Waals surface area contributed by atoms with Crippen LogP contribution < -0.4 is 0 Å². The molecule has 1 aliphatic carbocycles. The van der Waals surface area contributed by atoms with E-state index in [1.807, 2.05) is 6.92 Å². The maximum Gasteiger partial charge on any atom is 0.373 e. The molecule has 70 valence electrons. The van der Waals surface area contributed by atoms with Gasteiger partial charge in [-0.1, -0.05) is 13.3 Å². The molecule has 13 heavy (non-hydrogen) atoms. The fourth-order valence-corrected chi connectivity index (χ4v) is 1.57. The van der Waals surface area contributed by atoms with Crippen LogP contribution in [0.3, 0.4) is 0 Å². The predicted molar refractivity (Wildman–Crippen MR) is 44.7 cm³/mol. The van der Waals surface area contributed by atoms with Gasteiger partial charge in [-0.15, -0.1) is 0 Å². The summed E-state index contributed by atoms with van der Waals surface area (Å²) < 4.78 is 5.14. The number of oxazole rings is 1. The molecule has 1 aromatic heterocycles. The summed E-state index contributed by atoms with van der Waals surface area (Å²) in [6.45, 7) is 2.05. The molecule has 0 spiro atoms. The molecule has 4 nitrogen and oxygen atoms in total. The van der Waals surface area contributed by atoms with Crippen LogP contribution in [0.25, 0.3) is 0 Å². The first-order chi connectivity index (χ1) is 6.12. The minimum atomic E-state index is -1.05. The molecule has 0 bridgehead atoms. The molecule has 1 N–H and O–H groups in total. The van der Waals surface area contributed by atoms with Gasteiger partial charge in [0.1, 0.15) is 0 Å². The van der Waals surface area contributed by atoms with Crippen LogP contribution in [-0.4, -0.2) is 16.1 Å². The van der Waals surface area contributed by atoms with Crippen molar-refractivity contribution in [2.45, 2.75) is 31.6 Å². The van der Waals surface area contributed by atoms with Crippen molar-refractivity contribution in [2.24, 2.45) is 0 Å². The van der Waals surface area contributed by atoms with E-state index in [1.165, 1.54) is 12.6 Å². The van der Waals surface area contributed by atoms with Crippen LogP contribution in [0.5, 0.6) is 0 Å².